The molecule has 0 aliphatic rings. The average Bonchev–Trinajstić information content (AvgIpc) is 3.14. The minimum absolute atomic E-state index is 0.0212. The SMILES string of the molecule is O=C(C[C@@H](c1ccccc1)c1cccc(Cl)c1)NCCc1cnc[nH]1. The summed E-state index contributed by atoms with van der Waals surface area (Å²) in [6.07, 6.45) is 4.53. The largest absolute Gasteiger partial charge is 0.356 e. The molecule has 0 fully saturated rings. The van der Waals surface area contributed by atoms with E-state index in [4.69, 9.17) is 11.6 Å². The molecule has 0 spiro atoms. The number of rotatable bonds is 7. The molecule has 25 heavy (non-hydrogen) atoms. The van der Waals surface area contributed by atoms with Crippen LogP contribution in [-0.4, -0.2) is 22.4 Å². The van der Waals surface area contributed by atoms with Crippen molar-refractivity contribution in [1.29, 1.82) is 0 Å². The van der Waals surface area contributed by atoms with E-state index in [1.807, 2.05) is 54.6 Å². The van der Waals surface area contributed by atoms with Gasteiger partial charge in [-0.25, -0.2) is 4.98 Å². The lowest BCUT2D eigenvalue weighted by Gasteiger charge is -2.18. The van der Waals surface area contributed by atoms with Gasteiger partial charge in [0, 0.05) is 42.2 Å². The Hall–Kier alpha value is -2.59. The van der Waals surface area contributed by atoms with Gasteiger partial charge in [0.2, 0.25) is 5.91 Å². The summed E-state index contributed by atoms with van der Waals surface area (Å²) < 4.78 is 0. The van der Waals surface area contributed by atoms with Crippen LogP contribution in [0.2, 0.25) is 5.02 Å². The Morgan fingerprint density at radius 1 is 1.12 bits per heavy atom. The van der Waals surface area contributed by atoms with Crippen molar-refractivity contribution in [2.75, 3.05) is 6.54 Å². The van der Waals surface area contributed by atoms with Gasteiger partial charge < -0.3 is 10.3 Å². The second-order valence-corrected chi connectivity index (χ2v) is 6.34. The van der Waals surface area contributed by atoms with Gasteiger partial charge in [0.25, 0.3) is 0 Å². The van der Waals surface area contributed by atoms with E-state index in [9.17, 15) is 4.79 Å². The predicted molar refractivity (Wildman–Crippen MR) is 99.7 cm³/mol. The van der Waals surface area contributed by atoms with Crippen LogP contribution in [0, 0.1) is 0 Å². The quantitative estimate of drug-likeness (QED) is 0.675. The Morgan fingerprint density at radius 2 is 1.92 bits per heavy atom. The number of nitrogens with zero attached hydrogens (tertiary/aromatic N) is 1. The van der Waals surface area contributed by atoms with Crippen LogP contribution in [0.1, 0.15) is 29.2 Å². The van der Waals surface area contributed by atoms with Crippen molar-refractivity contribution in [2.45, 2.75) is 18.8 Å². The van der Waals surface area contributed by atoms with Crippen LogP contribution >= 0.6 is 11.6 Å². The summed E-state index contributed by atoms with van der Waals surface area (Å²) in [5, 5.41) is 3.66. The van der Waals surface area contributed by atoms with E-state index in [1.165, 1.54) is 0 Å². The molecule has 3 aromatic rings. The van der Waals surface area contributed by atoms with Crippen molar-refractivity contribution >= 4 is 17.5 Å². The van der Waals surface area contributed by atoms with E-state index in [-0.39, 0.29) is 11.8 Å². The number of benzene rings is 2. The molecule has 3 rings (SSSR count). The van der Waals surface area contributed by atoms with Crippen molar-refractivity contribution in [2.24, 2.45) is 0 Å². The number of hydrogen-bond donors (Lipinski definition) is 2. The standard InChI is InChI=1S/C20H20ClN3O/c21-17-8-4-7-16(11-17)19(15-5-2-1-3-6-15)12-20(25)23-10-9-18-13-22-14-24-18/h1-8,11,13-14,19H,9-10,12H2,(H,22,24)(H,23,25)/t19-/m0/s1. The molecule has 1 heterocycles. The first kappa shape index (κ1) is 17.2. The number of carbonyl (C=O) groups excluding carboxylic acids is 1. The highest BCUT2D eigenvalue weighted by atomic mass is 35.5. The maximum Gasteiger partial charge on any atom is 0.220 e. The van der Waals surface area contributed by atoms with Crippen LogP contribution < -0.4 is 5.32 Å². The van der Waals surface area contributed by atoms with Crippen LogP contribution in [0.3, 0.4) is 0 Å². The number of imidazole rings is 1. The molecule has 1 amide bonds. The van der Waals surface area contributed by atoms with Crippen LogP contribution in [-0.2, 0) is 11.2 Å². The van der Waals surface area contributed by atoms with Crippen LogP contribution in [0.5, 0.6) is 0 Å². The summed E-state index contributed by atoms with van der Waals surface area (Å²) in [7, 11) is 0. The number of carbonyl (C=O) groups is 1. The predicted octanol–water partition coefficient (Wildman–Crippen LogP) is 3.94. The maximum absolute atomic E-state index is 12.4. The van der Waals surface area contributed by atoms with Gasteiger partial charge in [-0.15, -0.1) is 0 Å². The molecule has 0 radical (unpaired) electrons. The minimum Gasteiger partial charge on any atom is -0.356 e. The molecule has 0 saturated heterocycles. The molecule has 5 heteroatoms. The molecule has 4 nitrogen and oxygen atoms in total. The van der Waals surface area contributed by atoms with Crippen LogP contribution in [0.4, 0.5) is 0 Å². The van der Waals surface area contributed by atoms with Crippen molar-refractivity contribution in [1.82, 2.24) is 15.3 Å². The first-order valence-corrected chi connectivity index (χ1v) is 8.64. The summed E-state index contributed by atoms with van der Waals surface area (Å²) >= 11 is 6.14. The Labute approximate surface area is 152 Å². The third kappa shape index (κ3) is 4.94. The van der Waals surface area contributed by atoms with Gasteiger partial charge in [-0.05, 0) is 23.3 Å². The first-order valence-electron chi connectivity index (χ1n) is 8.27. The van der Waals surface area contributed by atoms with Crippen molar-refractivity contribution in [3.8, 4) is 0 Å². The molecule has 0 bridgehead atoms. The molecular weight excluding hydrogens is 334 g/mol. The van der Waals surface area contributed by atoms with E-state index >= 15 is 0 Å². The Morgan fingerprint density at radius 3 is 2.64 bits per heavy atom. The van der Waals surface area contributed by atoms with Crippen molar-refractivity contribution in [3.63, 3.8) is 0 Å². The number of nitrogens with one attached hydrogen (secondary N) is 2. The van der Waals surface area contributed by atoms with E-state index in [2.05, 4.69) is 15.3 Å². The first-order chi connectivity index (χ1) is 12.2. The molecule has 0 aliphatic carbocycles. The molecular formula is C20H20ClN3O. The number of H-pyrrole nitrogens is 1. The van der Waals surface area contributed by atoms with E-state index in [0.717, 1.165) is 23.2 Å². The molecule has 2 N–H and O–H groups in total. The Bertz CT molecular complexity index is 803. The number of hydrogen-bond acceptors (Lipinski definition) is 2. The zero-order chi connectivity index (χ0) is 17.5. The number of halogens is 1. The van der Waals surface area contributed by atoms with E-state index in [0.29, 0.717) is 18.0 Å². The second kappa shape index (κ2) is 8.49. The van der Waals surface area contributed by atoms with E-state index < -0.39 is 0 Å². The molecule has 128 valence electrons. The highest BCUT2D eigenvalue weighted by Gasteiger charge is 2.18. The molecule has 2 aromatic carbocycles. The summed E-state index contributed by atoms with van der Waals surface area (Å²) in [5.41, 5.74) is 3.16. The Kier molecular flexibility index (Phi) is 5.86. The zero-order valence-corrected chi connectivity index (χ0v) is 14.5. The monoisotopic (exact) mass is 353 g/mol. The normalized spacial score (nSPS) is 11.9. The number of aromatic amines is 1. The van der Waals surface area contributed by atoms with Crippen molar-refractivity contribution < 1.29 is 4.79 Å². The zero-order valence-electron chi connectivity index (χ0n) is 13.8. The highest BCUT2D eigenvalue weighted by Crippen LogP contribution is 2.29. The second-order valence-electron chi connectivity index (χ2n) is 5.90. The smallest absolute Gasteiger partial charge is 0.220 e. The fraction of sp³-hybridized carbons (Fsp3) is 0.200. The third-order valence-corrected chi connectivity index (χ3v) is 4.35. The van der Waals surface area contributed by atoms with Gasteiger partial charge >= 0.3 is 0 Å². The van der Waals surface area contributed by atoms with Crippen LogP contribution in [0.15, 0.2) is 67.1 Å². The maximum atomic E-state index is 12.4. The Balaban J connectivity index is 1.68. The minimum atomic E-state index is -0.0212. The lowest BCUT2D eigenvalue weighted by Crippen LogP contribution is -2.27. The molecule has 0 aliphatic heterocycles. The lowest BCUT2D eigenvalue weighted by atomic mass is 9.88. The van der Waals surface area contributed by atoms with Gasteiger partial charge in [0.15, 0.2) is 0 Å². The van der Waals surface area contributed by atoms with E-state index in [1.54, 1.807) is 12.5 Å². The molecule has 1 atom stereocenters. The molecule has 0 unspecified atom stereocenters. The van der Waals surface area contributed by atoms with Crippen LogP contribution in [0.25, 0.3) is 0 Å². The number of amides is 1. The topological polar surface area (TPSA) is 57.8 Å². The fourth-order valence-corrected chi connectivity index (χ4v) is 3.05. The van der Waals surface area contributed by atoms with Gasteiger partial charge in [-0.1, -0.05) is 54.1 Å². The lowest BCUT2D eigenvalue weighted by molar-refractivity contribution is -0.121. The fourth-order valence-electron chi connectivity index (χ4n) is 2.85. The summed E-state index contributed by atoms with van der Waals surface area (Å²) in [6.45, 7) is 0.581. The van der Waals surface area contributed by atoms with Gasteiger partial charge in [0.1, 0.15) is 0 Å². The summed E-state index contributed by atoms with van der Waals surface area (Å²) in [6, 6.07) is 17.8. The van der Waals surface area contributed by atoms with Gasteiger partial charge in [-0.3, -0.25) is 4.79 Å². The average molecular weight is 354 g/mol. The third-order valence-electron chi connectivity index (χ3n) is 4.11. The summed E-state index contributed by atoms with van der Waals surface area (Å²) in [5.74, 6) is 0.000369. The van der Waals surface area contributed by atoms with Gasteiger partial charge in [0.05, 0.1) is 6.33 Å². The highest BCUT2D eigenvalue weighted by molar-refractivity contribution is 6.30. The molecule has 0 saturated carbocycles. The number of aromatic nitrogens is 2. The molecule has 1 aromatic heterocycles. The van der Waals surface area contributed by atoms with Gasteiger partial charge in [-0.2, -0.15) is 0 Å². The van der Waals surface area contributed by atoms with Crippen molar-refractivity contribution in [3.05, 3.63) is 89.0 Å². The summed E-state index contributed by atoms with van der Waals surface area (Å²) in [4.78, 5) is 19.5.